The van der Waals surface area contributed by atoms with Crippen LogP contribution in [0, 0.1) is 11.3 Å². The van der Waals surface area contributed by atoms with Gasteiger partial charge in [-0.2, -0.15) is 0 Å². The van der Waals surface area contributed by atoms with Gasteiger partial charge in [0.05, 0.1) is 7.11 Å². The summed E-state index contributed by atoms with van der Waals surface area (Å²) < 4.78 is 11.1. The van der Waals surface area contributed by atoms with Crippen LogP contribution in [0.5, 0.6) is 11.5 Å². The standard InChI is InChI=1S/C26H27NO4/c1-16-22(25(29)30-4)23(24-20(27-16)14-26(2,3)15-21(24)28)17-9-8-12-19(13-17)31-18-10-6-5-7-11-18/h5-13,22-23H,14-15H2,1-4H3/t22?,23-/m0/s1. The summed E-state index contributed by atoms with van der Waals surface area (Å²) in [7, 11) is 1.37. The number of para-hydroxylation sites is 1. The Morgan fingerprint density at radius 1 is 1.03 bits per heavy atom. The molecule has 1 heterocycles. The van der Waals surface area contributed by atoms with Crippen LogP contribution in [-0.4, -0.2) is 24.6 Å². The van der Waals surface area contributed by atoms with Crippen LogP contribution in [0.3, 0.4) is 0 Å². The summed E-state index contributed by atoms with van der Waals surface area (Å²) in [6, 6.07) is 17.1. The molecule has 0 spiro atoms. The van der Waals surface area contributed by atoms with Gasteiger partial charge in [-0.3, -0.25) is 14.6 Å². The lowest BCUT2D eigenvalue weighted by atomic mass is 9.67. The number of hydrogen-bond donors (Lipinski definition) is 0. The highest BCUT2D eigenvalue weighted by molar-refractivity contribution is 6.09. The molecule has 0 bridgehead atoms. The number of ketones is 1. The van der Waals surface area contributed by atoms with E-state index in [1.165, 1.54) is 7.11 Å². The third-order valence-corrected chi connectivity index (χ3v) is 5.95. The number of methoxy groups -OCH3 is 1. The zero-order valence-corrected chi connectivity index (χ0v) is 18.3. The Morgan fingerprint density at radius 2 is 1.74 bits per heavy atom. The highest BCUT2D eigenvalue weighted by atomic mass is 16.5. The molecule has 2 aromatic carbocycles. The second-order valence-electron chi connectivity index (χ2n) is 9.02. The lowest BCUT2D eigenvalue weighted by Gasteiger charge is -2.38. The van der Waals surface area contributed by atoms with E-state index < -0.39 is 11.8 Å². The maximum absolute atomic E-state index is 13.3. The normalized spacial score (nSPS) is 22.5. The topological polar surface area (TPSA) is 65.0 Å². The molecule has 160 valence electrons. The number of carbonyl (C=O) groups is 2. The maximum atomic E-state index is 13.3. The van der Waals surface area contributed by atoms with E-state index in [1.54, 1.807) is 0 Å². The smallest absolute Gasteiger partial charge is 0.315 e. The minimum atomic E-state index is -0.638. The van der Waals surface area contributed by atoms with E-state index in [2.05, 4.69) is 13.8 Å². The number of benzene rings is 2. The fourth-order valence-electron chi connectivity index (χ4n) is 4.63. The lowest BCUT2D eigenvalue weighted by Crippen LogP contribution is -2.39. The van der Waals surface area contributed by atoms with Gasteiger partial charge >= 0.3 is 5.97 Å². The van der Waals surface area contributed by atoms with Crippen molar-refractivity contribution in [1.82, 2.24) is 0 Å². The lowest BCUT2D eigenvalue weighted by molar-refractivity contribution is -0.143. The number of ether oxygens (including phenoxy) is 2. The Labute approximate surface area is 182 Å². The molecule has 1 aliphatic carbocycles. The third kappa shape index (κ3) is 4.18. The summed E-state index contributed by atoms with van der Waals surface area (Å²) in [6.45, 7) is 6.00. The van der Waals surface area contributed by atoms with Gasteiger partial charge in [0.2, 0.25) is 0 Å². The number of rotatable bonds is 4. The van der Waals surface area contributed by atoms with E-state index in [0.29, 0.717) is 29.9 Å². The summed E-state index contributed by atoms with van der Waals surface area (Å²) in [6.07, 6.45) is 1.14. The quantitative estimate of drug-likeness (QED) is 0.619. The number of carbonyl (C=O) groups excluding carboxylic acids is 2. The molecule has 2 aliphatic rings. The van der Waals surface area contributed by atoms with E-state index in [1.807, 2.05) is 61.5 Å². The van der Waals surface area contributed by atoms with Gasteiger partial charge in [0.25, 0.3) is 0 Å². The molecule has 5 heteroatoms. The molecule has 1 aliphatic heterocycles. The Bertz CT molecular complexity index is 1080. The first-order valence-corrected chi connectivity index (χ1v) is 10.5. The van der Waals surface area contributed by atoms with Crippen molar-refractivity contribution in [1.29, 1.82) is 0 Å². The molecule has 0 radical (unpaired) electrons. The molecule has 0 saturated heterocycles. The van der Waals surface area contributed by atoms with Crippen molar-refractivity contribution < 1.29 is 19.1 Å². The first kappa shape index (κ1) is 21.0. The zero-order chi connectivity index (χ0) is 22.2. The summed E-state index contributed by atoms with van der Waals surface area (Å²) in [5.74, 6) is -0.0384. The Morgan fingerprint density at radius 3 is 2.45 bits per heavy atom. The van der Waals surface area contributed by atoms with Gasteiger partial charge in [-0.15, -0.1) is 0 Å². The fourth-order valence-corrected chi connectivity index (χ4v) is 4.63. The van der Waals surface area contributed by atoms with Crippen LogP contribution in [-0.2, 0) is 14.3 Å². The summed E-state index contributed by atoms with van der Waals surface area (Å²) in [4.78, 5) is 30.7. The van der Waals surface area contributed by atoms with E-state index in [0.717, 1.165) is 17.0 Å². The van der Waals surface area contributed by atoms with Crippen molar-refractivity contribution in [3.8, 4) is 11.5 Å². The number of hydrogen-bond acceptors (Lipinski definition) is 5. The first-order chi connectivity index (χ1) is 14.8. The predicted octanol–water partition coefficient (Wildman–Crippen LogP) is 5.47. The largest absolute Gasteiger partial charge is 0.468 e. The molecule has 0 N–H and O–H groups in total. The first-order valence-electron chi connectivity index (χ1n) is 10.5. The molecule has 0 saturated carbocycles. The van der Waals surface area contributed by atoms with Gasteiger partial charge in [0, 0.05) is 29.3 Å². The van der Waals surface area contributed by atoms with E-state index in [4.69, 9.17) is 14.5 Å². The second-order valence-corrected chi connectivity index (χ2v) is 9.02. The second kappa shape index (κ2) is 8.14. The summed E-state index contributed by atoms with van der Waals surface area (Å²) >= 11 is 0. The van der Waals surface area contributed by atoms with Crippen molar-refractivity contribution in [2.75, 3.05) is 7.11 Å². The Kier molecular flexibility index (Phi) is 5.52. The number of nitrogens with zero attached hydrogens (tertiary/aromatic N) is 1. The number of aliphatic imine (C=N–C) groups is 1. The molecule has 4 rings (SSSR count). The van der Waals surface area contributed by atoms with Crippen LogP contribution in [0.15, 0.2) is 70.9 Å². The predicted molar refractivity (Wildman–Crippen MR) is 119 cm³/mol. The highest BCUT2D eigenvalue weighted by Gasteiger charge is 2.45. The highest BCUT2D eigenvalue weighted by Crippen LogP contribution is 2.48. The maximum Gasteiger partial charge on any atom is 0.315 e. The number of allylic oxidation sites excluding steroid dienone is 2. The molecule has 5 nitrogen and oxygen atoms in total. The monoisotopic (exact) mass is 417 g/mol. The van der Waals surface area contributed by atoms with Crippen molar-refractivity contribution in [2.45, 2.75) is 39.5 Å². The van der Waals surface area contributed by atoms with Crippen LogP contribution < -0.4 is 4.74 Å². The van der Waals surface area contributed by atoms with Crippen molar-refractivity contribution in [2.24, 2.45) is 16.3 Å². The van der Waals surface area contributed by atoms with E-state index in [-0.39, 0.29) is 17.2 Å². The van der Waals surface area contributed by atoms with Crippen molar-refractivity contribution >= 4 is 17.5 Å². The van der Waals surface area contributed by atoms with Gasteiger partial charge in [-0.05, 0) is 48.6 Å². The Balaban J connectivity index is 1.80. The van der Waals surface area contributed by atoms with Gasteiger partial charge in [0.1, 0.15) is 17.4 Å². The Hall–Kier alpha value is -3.21. The molecule has 1 unspecified atom stereocenters. The fraction of sp³-hybridized carbons (Fsp3) is 0.346. The van der Waals surface area contributed by atoms with E-state index in [9.17, 15) is 9.59 Å². The van der Waals surface area contributed by atoms with Crippen LogP contribution in [0.4, 0.5) is 0 Å². The molecule has 2 atom stereocenters. The van der Waals surface area contributed by atoms with Gasteiger partial charge in [-0.25, -0.2) is 0 Å². The summed E-state index contributed by atoms with van der Waals surface area (Å²) in [5, 5.41) is 0. The van der Waals surface area contributed by atoms with E-state index >= 15 is 0 Å². The average Bonchev–Trinajstić information content (AvgIpc) is 2.72. The van der Waals surface area contributed by atoms with Gasteiger partial charge < -0.3 is 9.47 Å². The molecule has 0 fully saturated rings. The molecular weight excluding hydrogens is 390 g/mol. The van der Waals surface area contributed by atoms with Crippen LogP contribution in [0.25, 0.3) is 0 Å². The number of esters is 1. The molecule has 2 aromatic rings. The summed E-state index contributed by atoms with van der Waals surface area (Å²) in [5.41, 5.74) is 2.80. The molecular formula is C26H27NO4. The third-order valence-electron chi connectivity index (χ3n) is 5.95. The van der Waals surface area contributed by atoms with Crippen LogP contribution in [0.1, 0.15) is 45.1 Å². The SMILES string of the molecule is COC(=O)C1C(C)=NC2=C(C(=O)CC(C)(C)C2)[C@H]1c1cccc(Oc2ccccc2)c1. The van der Waals surface area contributed by atoms with Crippen molar-refractivity contribution in [3.05, 3.63) is 71.4 Å². The van der Waals surface area contributed by atoms with Gasteiger partial charge in [-0.1, -0.05) is 44.2 Å². The molecule has 31 heavy (non-hydrogen) atoms. The van der Waals surface area contributed by atoms with Crippen LogP contribution in [0.2, 0.25) is 0 Å². The minimum Gasteiger partial charge on any atom is -0.468 e. The zero-order valence-electron chi connectivity index (χ0n) is 18.3. The molecule has 0 amide bonds. The minimum absolute atomic E-state index is 0.0517. The van der Waals surface area contributed by atoms with Crippen LogP contribution >= 0.6 is 0 Å². The van der Waals surface area contributed by atoms with Gasteiger partial charge in [0.15, 0.2) is 5.78 Å². The average molecular weight is 418 g/mol. The molecule has 0 aromatic heterocycles. The number of Topliss-reactive ketones (excluding diaryl/α,β-unsaturated/α-hetero) is 1. The van der Waals surface area contributed by atoms with Crippen molar-refractivity contribution in [3.63, 3.8) is 0 Å².